The zero-order valence-electron chi connectivity index (χ0n) is 17.4. The number of carbonyl (C=O) groups is 1. The second-order valence-corrected chi connectivity index (χ2v) is 8.03. The van der Waals surface area contributed by atoms with Crippen LogP contribution in [0.15, 0.2) is 29.3 Å². The maximum Gasteiger partial charge on any atom is 0.222 e. The van der Waals surface area contributed by atoms with E-state index in [1.54, 1.807) is 7.05 Å². The number of benzene rings is 1. The van der Waals surface area contributed by atoms with Crippen LogP contribution in [0.3, 0.4) is 0 Å². The van der Waals surface area contributed by atoms with Crippen LogP contribution >= 0.6 is 35.6 Å². The van der Waals surface area contributed by atoms with Crippen molar-refractivity contribution in [3.63, 3.8) is 0 Å². The fourth-order valence-electron chi connectivity index (χ4n) is 4.13. The van der Waals surface area contributed by atoms with Crippen molar-refractivity contribution in [1.29, 1.82) is 0 Å². The molecule has 2 N–H and O–H groups in total. The zero-order chi connectivity index (χ0) is 19.9. The molecule has 2 aliphatic rings. The van der Waals surface area contributed by atoms with Gasteiger partial charge < -0.3 is 15.5 Å². The molecule has 0 bridgehead atoms. The monoisotopic (exact) mass is 533 g/mol. The predicted molar refractivity (Wildman–Crippen MR) is 130 cm³/mol. The van der Waals surface area contributed by atoms with Gasteiger partial charge in [0, 0.05) is 44.2 Å². The summed E-state index contributed by atoms with van der Waals surface area (Å²) >= 11 is 6.24. The van der Waals surface area contributed by atoms with Gasteiger partial charge in [-0.25, -0.2) is 0 Å². The van der Waals surface area contributed by atoms with E-state index in [0.29, 0.717) is 6.42 Å². The Bertz CT molecular complexity index is 695. The summed E-state index contributed by atoms with van der Waals surface area (Å²) in [5, 5.41) is 7.76. The standard InChI is InChI=1S/C21H32ClN5O.HI/c1-3-20(28)27-12-9-18(15-27)25-21(23-2)24-14-19(26-10-4-5-11-26)16-7-6-8-17(22)13-16;/h6-8,13,18-19H,3-5,9-12,14-15H2,1-2H3,(H2,23,24,25);1H. The minimum absolute atomic E-state index is 0. The average Bonchev–Trinajstić information content (AvgIpc) is 3.39. The molecule has 0 saturated carbocycles. The Morgan fingerprint density at radius 1 is 1.31 bits per heavy atom. The largest absolute Gasteiger partial charge is 0.354 e. The molecule has 6 nitrogen and oxygen atoms in total. The fraction of sp³-hybridized carbons (Fsp3) is 0.619. The summed E-state index contributed by atoms with van der Waals surface area (Å²) in [6.07, 6.45) is 4.01. The van der Waals surface area contributed by atoms with Crippen LogP contribution in [0.25, 0.3) is 0 Å². The van der Waals surface area contributed by atoms with E-state index in [1.165, 1.54) is 18.4 Å². The Kier molecular flexibility index (Phi) is 9.98. The van der Waals surface area contributed by atoms with Gasteiger partial charge in [0.1, 0.15) is 0 Å². The number of likely N-dealkylation sites (tertiary alicyclic amines) is 2. The summed E-state index contributed by atoms with van der Waals surface area (Å²) in [6.45, 7) is 6.48. The van der Waals surface area contributed by atoms with Crippen LogP contribution in [0.5, 0.6) is 0 Å². The van der Waals surface area contributed by atoms with E-state index in [9.17, 15) is 4.79 Å². The zero-order valence-corrected chi connectivity index (χ0v) is 20.5. The third kappa shape index (κ3) is 6.72. The number of nitrogens with zero attached hydrogens (tertiary/aromatic N) is 3. The molecular formula is C21H33ClIN5O. The Labute approximate surface area is 196 Å². The number of hydrogen-bond donors (Lipinski definition) is 2. The number of nitrogens with one attached hydrogen (secondary N) is 2. The van der Waals surface area contributed by atoms with Crippen molar-refractivity contribution in [2.75, 3.05) is 39.8 Å². The number of aliphatic imine (C=N–C) groups is 1. The van der Waals surface area contributed by atoms with Crippen molar-refractivity contribution >= 4 is 47.4 Å². The lowest BCUT2D eigenvalue weighted by Crippen LogP contribution is -2.47. The maximum absolute atomic E-state index is 11.9. The average molecular weight is 534 g/mol. The topological polar surface area (TPSA) is 60.0 Å². The first kappa shape index (κ1) is 24.2. The molecule has 2 unspecified atom stereocenters. The van der Waals surface area contributed by atoms with E-state index in [-0.39, 0.29) is 42.0 Å². The van der Waals surface area contributed by atoms with Gasteiger partial charge in [0.2, 0.25) is 5.91 Å². The molecule has 29 heavy (non-hydrogen) atoms. The molecule has 0 spiro atoms. The number of amides is 1. The Morgan fingerprint density at radius 2 is 2.07 bits per heavy atom. The molecule has 1 amide bonds. The lowest BCUT2D eigenvalue weighted by molar-refractivity contribution is -0.129. The van der Waals surface area contributed by atoms with Crippen LogP contribution in [0.2, 0.25) is 5.02 Å². The number of halogens is 2. The van der Waals surface area contributed by atoms with Crippen molar-refractivity contribution < 1.29 is 4.79 Å². The summed E-state index contributed by atoms with van der Waals surface area (Å²) in [7, 11) is 1.80. The lowest BCUT2D eigenvalue weighted by Gasteiger charge is -2.29. The minimum atomic E-state index is 0. The lowest BCUT2D eigenvalue weighted by atomic mass is 10.1. The van der Waals surface area contributed by atoms with E-state index < -0.39 is 0 Å². The van der Waals surface area contributed by atoms with Gasteiger partial charge in [-0.3, -0.25) is 14.7 Å². The highest BCUT2D eigenvalue weighted by Gasteiger charge is 2.27. The van der Waals surface area contributed by atoms with Crippen molar-refractivity contribution in [2.24, 2.45) is 4.99 Å². The Balaban J connectivity index is 0.00000300. The van der Waals surface area contributed by atoms with Crippen molar-refractivity contribution in [2.45, 2.75) is 44.7 Å². The van der Waals surface area contributed by atoms with Gasteiger partial charge in [-0.05, 0) is 50.0 Å². The van der Waals surface area contributed by atoms with E-state index in [1.807, 2.05) is 24.0 Å². The molecule has 2 fully saturated rings. The summed E-state index contributed by atoms with van der Waals surface area (Å²) in [5.74, 6) is 1.02. The molecule has 0 aliphatic carbocycles. The third-order valence-corrected chi connectivity index (χ3v) is 5.92. The first-order chi connectivity index (χ1) is 13.6. The smallest absolute Gasteiger partial charge is 0.222 e. The number of hydrogen-bond acceptors (Lipinski definition) is 3. The van der Waals surface area contributed by atoms with Crippen LogP contribution in [-0.4, -0.2) is 67.5 Å². The molecular weight excluding hydrogens is 501 g/mol. The van der Waals surface area contributed by atoms with E-state index in [4.69, 9.17) is 11.6 Å². The Morgan fingerprint density at radius 3 is 2.72 bits per heavy atom. The molecule has 162 valence electrons. The number of carbonyl (C=O) groups excluding carboxylic acids is 1. The van der Waals surface area contributed by atoms with Crippen molar-refractivity contribution in [1.82, 2.24) is 20.4 Å². The number of rotatable bonds is 6. The molecule has 0 aromatic heterocycles. The minimum Gasteiger partial charge on any atom is -0.354 e. The Hall–Kier alpha value is -1.06. The van der Waals surface area contributed by atoms with Gasteiger partial charge in [-0.2, -0.15) is 0 Å². The van der Waals surface area contributed by atoms with Gasteiger partial charge in [0.25, 0.3) is 0 Å². The molecule has 1 aromatic rings. The fourth-order valence-corrected chi connectivity index (χ4v) is 4.33. The van der Waals surface area contributed by atoms with Gasteiger partial charge in [-0.15, -0.1) is 24.0 Å². The number of guanidine groups is 1. The summed E-state index contributed by atoms with van der Waals surface area (Å²) in [4.78, 5) is 20.7. The highest BCUT2D eigenvalue weighted by molar-refractivity contribution is 14.0. The molecule has 2 saturated heterocycles. The maximum atomic E-state index is 11.9. The van der Waals surface area contributed by atoms with Gasteiger partial charge >= 0.3 is 0 Å². The normalized spacial score (nSPS) is 21.0. The van der Waals surface area contributed by atoms with E-state index in [2.05, 4.69) is 32.7 Å². The summed E-state index contributed by atoms with van der Waals surface area (Å²) < 4.78 is 0. The highest BCUT2D eigenvalue weighted by atomic mass is 127. The summed E-state index contributed by atoms with van der Waals surface area (Å²) in [5.41, 5.74) is 1.23. The van der Waals surface area contributed by atoms with Crippen LogP contribution in [-0.2, 0) is 4.79 Å². The van der Waals surface area contributed by atoms with Crippen LogP contribution in [0.4, 0.5) is 0 Å². The van der Waals surface area contributed by atoms with Gasteiger partial charge in [-0.1, -0.05) is 30.7 Å². The quantitative estimate of drug-likeness (QED) is 0.335. The van der Waals surface area contributed by atoms with Gasteiger partial charge in [0.15, 0.2) is 5.96 Å². The molecule has 2 aliphatic heterocycles. The SMILES string of the molecule is CCC(=O)N1CCC(NC(=NC)NCC(c2cccc(Cl)c2)N2CCCC2)C1.I. The molecule has 1 aromatic carbocycles. The van der Waals surface area contributed by atoms with E-state index >= 15 is 0 Å². The molecule has 8 heteroatoms. The van der Waals surface area contributed by atoms with Crippen LogP contribution in [0.1, 0.15) is 44.2 Å². The second kappa shape index (κ2) is 12.0. The van der Waals surface area contributed by atoms with Crippen LogP contribution in [0, 0.1) is 0 Å². The van der Waals surface area contributed by atoms with Gasteiger partial charge in [0.05, 0.1) is 6.04 Å². The molecule has 2 atom stereocenters. The highest BCUT2D eigenvalue weighted by Crippen LogP contribution is 2.26. The third-order valence-electron chi connectivity index (χ3n) is 5.69. The summed E-state index contributed by atoms with van der Waals surface area (Å²) in [6, 6.07) is 8.67. The first-order valence-electron chi connectivity index (χ1n) is 10.3. The predicted octanol–water partition coefficient (Wildman–Crippen LogP) is 3.27. The second-order valence-electron chi connectivity index (χ2n) is 7.59. The van der Waals surface area contributed by atoms with E-state index in [0.717, 1.165) is 50.1 Å². The molecule has 2 heterocycles. The first-order valence-corrected chi connectivity index (χ1v) is 10.7. The van der Waals surface area contributed by atoms with Crippen molar-refractivity contribution in [3.05, 3.63) is 34.9 Å². The molecule has 0 radical (unpaired) electrons. The van der Waals surface area contributed by atoms with Crippen LogP contribution < -0.4 is 10.6 Å². The van der Waals surface area contributed by atoms with Crippen molar-refractivity contribution in [3.8, 4) is 0 Å². The molecule has 3 rings (SSSR count).